The smallest absolute Gasteiger partial charge is 0.224 e. The Morgan fingerprint density at radius 3 is 2.00 bits per heavy atom. The van der Waals surface area contributed by atoms with Crippen molar-refractivity contribution >= 4 is 23.5 Å². The second kappa shape index (κ2) is 6.53. The van der Waals surface area contributed by atoms with Crippen molar-refractivity contribution in [2.75, 3.05) is 5.32 Å². The van der Waals surface area contributed by atoms with Crippen LogP contribution in [-0.4, -0.2) is 17.8 Å². The molecule has 0 bridgehead atoms. The maximum atomic E-state index is 11.5. The van der Waals surface area contributed by atoms with Crippen molar-refractivity contribution in [1.82, 2.24) is 0 Å². The predicted octanol–water partition coefficient (Wildman–Crippen LogP) is -0.458. The Kier molecular flexibility index (Phi) is 5.05. The quantitative estimate of drug-likeness (QED) is 0.747. The Balaban J connectivity index is 2.96. The lowest BCUT2D eigenvalue weighted by Gasteiger charge is -2.12. The highest BCUT2D eigenvalue weighted by atomic mass is 16.4. The van der Waals surface area contributed by atoms with Gasteiger partial charge >= 0.3 is 0 Å². The van der Waals surface area contributed by atoms with Crippen LogP contribution in [-0.2, 0) is 4.79 Å². The molecule has 6 nitrogen and oxygen atoms in total. The first-order valence-electron chi connectivity index (χ1n) is 5.81. The van der Waals surface area contributed by atoms with Gasteiger partial charge < -0.3 is 25.1 Å². The molecule has 0 spiro atoms. The molecule has 0 heterocycles. The summed E-state index contributed by atoms with van der Waals surface area (Å²) < 4.78 is 0. The molecule has 0 atom stereocenters. The van der Waals surface area contributed by atoms with Crippen LogP contribution in [0, 0.1) is 0 Å². The van der Waals surface area contributed by atoms with Crippen LogP contribution in [0.5, 0.6) is 0 Å². The van der Waals surface area contributed by atoms with E-state index in [-0.39, 0.29) is 29.1 Å². The molecular weight excluding hydrogens is 250 g/mol. The van der Waals surface area contributed by atoms with E-state index in [1.807, 2.05) is 6.92 Å². The van der Waals surface area contributed by atoms with E-state index in [2.05, 4.69) is 5.32 Å². The molecule has 1 N–H and O–H groups in total. The fourth-order valence-electron chi connectivity index (χ4n) is 1.50. The summed E-state index contributed by atoms with van der Waals surface area (Å²) in [6.07, 6.45) is 1.82. The van der Waals surface area contributed by atoms with Gasteiger partial charge in [-0.1, -0.05) is 13.3 Å². The SMILES string of the molecule is CCCCC(=O)Nc1cc(C(=O)[O-])cc(C(=O)[O-])c1. The second-order valence-corrected chi connectivity index (χ2v) is 4.03. The molecular formula is C13H13NO5-2. The maximum Gasteiger partial charge on any atom is 0.224 e. The molecule has 6 heteroatoms. The van der Waals surface area contributed by atoms with E-state index < -0.39 is 11.9 Å². The molecule has 1 aromatic rings. The molecule has 0 radical (unpaired) electrons. The number of carboxylic acids is 2. The van der Waals surface area contributed by atoms with Crippen LogP contribution in [0.25, 0.3) is 0 Å². The molecule has 0 aliphatic rings. The number of aromatic carboxylic acids is 2. The standard InChI is InChI=1S/C13H15NO5/c1-2-3-4-11(15)14-10-6-8(12(16)17)5-9(7-10)13(18)19/h5-7H,2-4H2,1H3,(H,14,15)(H,16,17)(H,18,19)/p-2. The van der Waals surface area contributed by atoms with E-state index in [1.54, 1.807) is 0 Å². The second-order valence-electron chi connectivity index (χ2n) is 4.03. The van der Waals surface area contributed by atoms with Crippen LogP contribution in [0.4, 0.5) is 5.69 Å². The van der Waals surface area contributed by atoms with Crippen molar-refractivity contribution < 1.29 is 24.6 Å². The summed E-state index contributed by atoms with van der Waals surface area (Å²) in [6, 6.07) is 3.21. The lowest BCUT2D eigenvalue weighted by molar-refractivity contribution is -0.255. The van der Waals surface area contributed by atoms with Gasteiger partial charge in [0.2, 0.25) is 5.91 Å². The van der Waals surface area contributed by atoms with E-state index in [4.69, 9.17) is 0 Å². The van der Waals surface area contributed by atoms with Gasteiger partial charge in [-0.15, -0.1) is 0 Å². The molecule has 1 amide bonds. The van der Waals surface area contributed by atoms with E-state index in [0.717, 1.165) is 24.6 Å². The monoisotopic (exact) mass is 263 g/mol. The fraction of sp³-hybridized carbons (Fsp3) is 0.308. The van der Waals surface area contributed by atoms with Crippen LogP contribution in [0.15, 0.2) is 18.2 Å². The molecule has 1 rings (SSSR count). The Morgan fingerprint density at radius 1 is 1.05 bits per heavy atom. The maximum absolute atomic E-state index is 11.5. The fourth-order valence-corrected chi connectivity index (χ4v) is 1.50. The zero-order chi connectivity index (χ0) is 14.4. The summed E-state index contributed by atoms with van der Waals surface area (Å²) in [5.41, 5.74) is -0.554. The molecule has 0 aliphatic carbocycles. The normalized spacial score (nSPS) is 9.95. The van der Waals surface area contributed by atoms with Crippen molar-refractivity contribution in [3.63, 3.8) is 0 Å². The third-order valence-corrected chi connectivity index (χ3v) is 2.45. The molecule has 0 fully saturated rings. The number of anilines is 1. The molecule has 0 saturated heterocycles. The number of carbonyl (C=O) groups is 3. The van der Waals surface area contributed by atoms with Gasteiger partial charge in [0.05, 0.1) is 11.9 Å². The number of unbranched alkanes of at least 4 members (excludes halogenated alkanes) is 1. The Bertz CT molecular complexity index is 478. The van der Waals surface area contributed by atoms with Crippen molar-refractivity contribution in [3.05, 3.63) is 29.3 Å². The molecule has 0 saturated carbocycles. The summed E-state index contributed by atoms with van der Waals surface area (Å²) in [7, 11) is 0. The third-order valence-electron chi connectivity index (χ3n) is 2.45. The number of rotatable bonds is 6. The summed E-state index contributed by atoms with van der Waals surface area (Å²) in [4.78, 5) is 33.0. The highest BCUT2D eigenvalue weighted by molar-refractivity contribution is 5.97. The first-order chi connectivity index (χ1) is 8.93. The van der Waals surface area contributed by atoms with Gasteiger partial charge in [-0.25, -0.2) is 0 Å². The van der Waals surface area contributed by atoms with Crippen LogP contribution in [0.3, 0.4) is 0 Å². The van der Waals surface area contributed by atoms with Crippen molar-refractivity contribution in [1.29, 1.82) is 0 Å². The largest absolute Gasteiger partial charge is 0.545 e. The van der Waals surface area contributed by atoms with E-state index in [1.165, 1.54) is 0 Å². The van der Waals surface area contributed by atoms with Crippen LogP contribution in [0.2, 0.25) is 0 Å². The average molecular weight is 263 g/mol. The number of carboxylic acid groups (broad SMARTS) is 2. The van der Waals surface area contributed by atoms with Crippen LogP contribution in [0.1, 0.15) is 46.9 Å². The van der Waals surface area contributed by atoms with E-state index >= 15 is 0 Å². The number of hydrogen-bond acceptors (Lipinski definition) is 5. The summed E-state index contributed by atoms with van der Waals surface area (Å²) in [6.45, 7) is 1.93. The average Bonchev–Trinajstić information content (AvgIpc) is 2.35. The molecule has 102 valence electrons. The predicted molar refractivity (Wildman–Crippen MR) is 63.3 cm³/mol. The van der Waals surface area contributed by atoms with Crippen molar-refractivity contribution in [3.8, 4) is 0 Å². The van der Waals surface area contributed by atoms with Gasteiger partial charge in [0.1, 0.15) is 0 Å². The first-order valence-corrected chi connectivity index (χ1v) is 5.81. The topological polar surface area (TPSA) is 109 Å². The number of nitrogens with one attached hydrogen (secondary N) is 1. The Hall–Kier alpha value is -2.37. The molecule has 19 heavy (non-hydrogen) atoms. The summed E-state index contributed by atoms with van der Waals surface area (Å²) in [5.74, 6) is -3.35. The Morgan fingerprint density at radius 2 is 1.58 bits per heavy atom. The molecule has 1 aromatic carbocycles. The number of hydrogen-bond donors (Lipinski definition) is 1. The van der Waals surface area contributed by atoms with Gasteiger partial charge in [0.15, 0.2) is 0 Å². The Labute approximate surface area is 110 Å². The molecule has 0 unspecified atom stereocenters. The van der Waals surface area contributed by atoms with Crippen molar-refractivity contribution in [2.45, 2.75) is 26.2 Å². The minimum Gasteiger partial charge on any atom is -0.545 e. The van der Waals surface area contributed by atoms with Gasteiger partial charge in [0.25, 0.3) is 0 Å². The zero-order valence-corrected chi connectivity index (χ0v) is 10.4. The third kappa shape index (κ3) is 4.42. The van der Waals surface area contributed by atoms with E-state index in [0.29, 0.717) is 6.42 Å². The minimum absolute atomic E-state index is 0.0991. The van der Waals surface area contributed by atoms with Crippen LogP contribution < -0.4 is 15.5 Å². The highest BCUT2D eigenvalue weighted by Gasteiger charge is 2.06. The van der Waals surface area contributed by atoms with Crippen LogP contribution >= 0.6 is 0 Å². The number of benzene rings is 1. The van der Waals surface area contributed by atoms with Gasteiger partial charge in [-0.05, 0) is 35.7 Å². The highest BCUT2D eigenvalue weighted by Crippen LogP contribution is 2.15. The molecule has 0 aliphatic heterocycles. The molecule has 0 aromatic heterocycles. The van der Waals surface area contributed by atoms with E-state index in [9.17, 15) is 24.6 Å². The van der Waals surface area contributed by atoms with Gasteiger partial charge in [0, 0.05) is 12.1 Å². The number of amides is 1. The lowest BCUT2D eigenvalue weighted by Crippen LogP contribution is -2.26. The van der Waals surface area contributed by atoms with Gasteiger partial charge in [-0.3, -0.25) is 4.79 Å². The van der Waals surface area contributed by atoms with Gasteiger partial charge in [-0.2, -0.15) is 0 Å². The van der Waals surface area contributed by atoms with Crippen molar-refractivity contribution in [2.24, 2.45) is 0 Å². The summed E-state index contributed by atoms with van der Waals surface area (Å²) in [5, 5.41) is 23.9. The number of carbonyl (C=O) groups excluding carboxylic acids is 3. The minimum atomic E-state index is -1.52. The lowest BCUT2D eigenvalue weighted by atomic mass is 10.1. The summed E-state index contributed by atoms with van der Waals surface area (Å²) >= 11 is 0. The first kappa shape index (κ1) is 14.7. The zero-order valence-electron chi connectivity index (χ0n) is 10.4.